The lowest BCUT2D eigenvalue weighted by atomic mass is 10.1. The summed E-state index contributed by atoms with van der Waals surface area (Å²) in [5.41, 5.74) is 1.56. The standard InChI is InChI=1S/C21H22N6O/c1-16-6-2-3-7-17(16)21(28)23-18-9-10-20(25-24-18)27-14-12-26(13-15-27)19-8-4-5-11-22-19/h2-11H,12-15H2,1H3,(H,23,24,28). The van der Waals surface area contributed by atoms with Crippen molar-refractivity contribution < 1.29 is 4.79 Å². The molecule has 3 heterocycles. The van der Waals surface area contributed by atoms with Gasteiger partial charge in [-0.1, -0.05) is 24.3 Å². The molecule has 3 aromatic rings. The maximum Gasteiger partial charge on any atom is 0.257 e. The lowest BCUT2D eigenvalue weighted by Crippen LogP contribution is -2.47. The summed E-state index contributed by atoms with van der Waals surface area (Å²) >= 11 is 0. The van der Waals surface area contributed by atoms with E-state index in [4.69, 9.17) is 0 Å². The minimum atomic E-state index is -0.177. The van der Waals surface area contributed by atoms with E-state index in [-0.39, 0.29) is 5.91 Å². The number of nitrogens with zero attached hydrogens (tertiary/aromatic N) is 5. The fourth-order valence-electron chi connectivity index (χ4n) is 3.28. The quantitative estimate of drug-likeness (QED) is 0.757. The zero-order valence-corrected chi connectivity index (χ0v) is 15.7. The van der Waals surface area contributed by atoms with Crippen molar-refractivity contribution in [3.8, 4) is 0 Å². The molecule has 0 spiro atoms. The van der Waals surface area contributed by atoms with Crippen molar-refractivity contribution in [3.63, 3.8) is 0 Å². The van der Waals surface area contributed by atoms with E-state index in [1.165, 1.54) is 0 Å². The molecule has 2 aromatic heterocycles. The van der Waals surface area contributed by atoms with Gasteiger partial charge in [-0.2, -0.15) is 0 Å². The second-order valence-electron chi connectivity index (χ2n) is 6.71. The Kier molecular flexibility index (Phi) is 5.14. The van der Waals surface area contributed by atoms with Crippen LogP contribution in [0.3, 0.4) is 0 Å². The van der Waals surface area contributed by atoms with Crippen LogP contribution in [0.1, 0.15) is 15.9 Å². The highest BCUT2D eigenvalue weighted by Crippen LogP contribution is 2.18. The number of aromatic nitrogens is 3. The Morgan fingerprint density at radius 3 is 2.21 bits per heavy atom. The molecule has 0 aliphatic carbocycles. The number of pyridine rings is 1. The number of nitrogens with one attached hydrogen (secondary N) is 1. The van der Waals surface area contributed by atoms with Gasteiger partial charge in [-0.25, -0.2) is 4.98 Å². The van der Waals surface area contributed by atoms with Crippen LogP contribution in [0.4, 0.5) is 17.5 Å². The topological polar surface area (TPSA) is 74.2 Å². The first-order valence-electron chi connectivity index (χ1n) is 9.32. The average molecular weight is 374 g/mol. The predicted octanol–water partition coefficient (Wildman–Crippen LogP) is 2.76. The van der Waals surface area contributed by atoms with Crippen LogP contribution in [0.15, 0.2) is 60.8 Å². The van der Waals surface area contributed by atoms with Crippen LogP contribution in [0, 0.1) is 6.92 Å². The van der Waals surface area contributed by atoms with Gasteiger partial charge < -0.3 is 15.1 Å². The van der Waals surface area contributed by atoms with E-state index in [0.29, 0.717) is 11.4 Å². The van der Waals surface area contributed by atoms with Gasteiger partial charge in [0.05, 0.1) is 0 Å². The molecule has 1 aliphatic rings. The van der Waals surface area contributed by atoms with Crippen LogP contribution in [0.5, 0.6) is 0 Å². The molecule has 1 aliphatic heterocycles. The van der Waals surface area contributed by atoms with Crippen LogP contribution in [-0.4, -0.2) is 47.3 Å². The highest BCUT2D eigenvalue weighted by Gasteiger charge is 2.19. The summed E-state index contributed by atoms with van der Waals surface area (Å²) in [7, 11) is 0. The third kappa shape index (κ3) is 3.93. The van der Waals surface area contributed by atoms with E-state index in [0.717, 1.165) is 43.4 Å². The van der Waals surface area contributed by atoms with Gasteiger partial charge in [-0.05, 0) is 42.8 Å². The van der Waals surface area contributed by atoms with Crippen molar-refractivity contribution in [2.45, 2.75) is 6.92 Å². The van der Waals surface area contributed by atoms with Crippen LogP contribution < -0.4 is 15.1 Å². The van der Waals surface area contributed by atoms with Crippen LogP contribution in [-0.2, 0) is 0 Å². The third-order valence-electron chi connectivity index (χ3n) is 4.86. The number of rotatable bonds is 4. The van der Waals surface area contributed by atoms with E-state index in [1.54, 1.807) is 12.1 Å². The molecule has 1 fully saturated rings. The fourth-order valence-corrected chi connectivity index (χ4v) is 3.28. The molecule has 1 N–H and O–H groups in total. The molecule has 0 saturated carbocycles. The Morgan fingerprint density at radius 2 is 1.57 bits per heavy atom. The van der Waals surface area contributed by atoms with Crippen LogP contribution in [0.25, 0.3) is 0 Å². The molecular weight excluding hydrogens is 352 g/mol. The first kappa shape index (κ1) is 17.9. The number of amides is 1. The summed E-state index contributed by atoms with van der Waals surface area (Å²) in [5, 5.41) is 11.3. The molecular formula is C21H22N6O. The smallest absolute Gasteiger partial charge is 0.257 e. The fraction of sp³-hybridized carbons (Fsp3) is 0.238. The minimum absolute atomic E-state index is 0.177. The lowest BCUT2D eigenvalue weighted by Gasteiger charge is -2.35. The van der Waals surface area contributed by atoms with Gasteiger partial charge in [0.15, 0.2) is 11.6 Å². The van der Waals surface area contributed by atoms with E-state index in [1.807, 2.05) is 55.6 Å². The van der Waals surface area contributed by atoms with Gasteiger partial charge in [0.25, 0.3) is 5.91 Å². The predicted molar refractivity (Wildman–Crippen MR) is 110 cm³/mol. The zero-order valence-electron chi connectivity index (χ0n) is 15.7. The molecule has 142 valence electrons. The van der Waals surface area contributed by atoms with E-state index >= 15 is 0 Å². The van der Waals surface area contributed by atoms with Crippen molar-refractivity contribution in [1.29, 1.82) is 0 Å². The number of benzene rings is 1. The monoisotopic (exact) mass is 374 g/mol. The summed E-state index contributed by atoms with van der Waals surface area (Å²) in [6.07, 6.45) is 1.82. The summed E-state index contributed by atoms with van der Waals surface area (Å²) in [5.74, 6) is 2.09. The Bertz CT molecular complexity index is 937. The number of hydrogen-bond donors (Lipinski definition) is 1. The molecule has 0 unspecified atom stereocenters. The molecule has 28 heavy (non-hydrogen) atoms. The van der Waals surface area contributed by atoms with E-state index in [2.05, 4.69) is 30.3 Å². The first-order valence-corrected chi connectivity index (χ1v) is 9.32. The molecule has 1 aromatic carbocycles. The summed E-state index contributed by atoms with van der Waals surface area (Å²) in [6.45, 7) is 5.36. The average Bonchev–Trinajstić information content (AvgIpc) is 2.75. The Balaban J connectivity index is 1.36. The third-order valence-corrected chi connectivity index (χ3v) is 4.86. The number of aryl methyl sites for hydroxylation is 1. The number of carbonyl (C=O) groups is 1. The molecule has 7 nitrogen and oxygen atoms in total. The van der Waals surface area contributed by atoms with Gasteiger partial charge in [0.2, 0.25) is 0 Å². The number of hydrogen-bond acceptors (Lipinski definition) is 6. The van der Waals surface area contributed by atoms with Crippen molar-refractivity contribution in [2.24, 2.45) is 0 Å². The SMILES string of the molecule is Cc1ccccc1C(=O)Nc1ccc(N2CCN(c3ccccn3)CC2)nn1. The molecule has 4 rings (SSSR count). The van der Waals surface area contributed by atoms with Gasteiger partial charge in [-0.3, -0.25) is 4.79 Å². The van der Waals surface area contributed by atoms with Crippen LogP contribution >= 0.6 is 0 Å². The molecule has 0 radical (unpaired) electrons. The molecule has 7 heteroatoms. The maximum absolute atomic E-state index is 12.4. The van der Waals surface area contributed by atoms with Crippen LogP contribution in [0.2, 0.25) is 0 Å². The largest absolute Gasteiger partial charge is 0.353 e. The summed E-state index contributed by atoms with van der Waals surface area (Å²) < 4.78 is 0. The van der Waals surface area contributed by atoms with Gasteiger partial charge in [0.1, 0.15) is 5.82 Å². The number of carbonyl (C=O) groups excluding carboxylic acids is 1. The minimum Gasteiger partial charge on any atom is -0.353 e. The van der Waals surface area contributed by atoms with Crippen molar-refractivity contribution in [2.75, 3.05) is 41.3 Å². The van der Waals surface area contributed by atoms with Gasteiger partial charge >= 0.3 is 0 Å². The number of anilines is 3. The van der Waals surface area contributed by atoms with Gasteiger partial charge in [-0.15, -0.1) is 10.2 Å². The van der Waals surface area contributed by atoms with Crippen molar-refractivity contribution in [3.05, 3.63) is 71.9 Å². The van der Waals surface area contributed by atoms with E-state index < -0.39 is 0 Å². The molecule has 1 saturated heterocycles. The molecule has 0 atom stereocenters. The second kappa shape index (κ2) is 8.04. The van der Waals surface area contributed by atoms with Crippen molar-refractivity contribution in [1.82, 2.24) is 15.2 Å². The molecule has 0 bridgehead atoms. The van der Waals surface area contributed by atoms with Gasteiger partial charge in [0, 0.05) is 37.9 Å². The summed E-state index contributed by atoms with van der Waals surface area (Å²) in [4.78, 5) is 21.3. The Hall–Kier alpha value is -3.48. The molecule has 1 amide bonds. The Labute approximate surface area is 164 Å². The van der Waals surface area contributed by atoms with E-state index in [9.17, 15) is 4.79 Å². The zero-order chi connectivity index (χ0) is 19.3. The summed E-state index contributed by atoms with van der Waals surface area (Å²) in [6, 6.07) is 17.1. The first-order chi connectivity index (χ1) is 13.7. The lowest BCUT2D eigenvalue weighted by molar-refractivity contribution is 0.102. The highest BCUT2D eigenvalue weighted by atomic mass is 16.1. The van der Waals surface area contributed by atoms with Crippen molar-refractivity contribution >= 4 is 23.4 Å². The Morgan fingerprint density at radius 1 is 0.857 bits per heavy atom. The highest BCUT2D eigenvalue weighted by molar-refractivity contribution is 6.04. The second-order valence-corrected chi connectivity index (χ2v) is 6.71. The normalized spacial score (nSPS) is 14.0. The number of piperazine rings is 1. The maximum atomic E-state index is 12.4.